The van der Waals surface area contributed by atoms with Crippen LogP contribution in [0.5, 0.6) is 0 Å². The molecule has 1 aromatic carbocycles. The molecule has 0 aliphatic carbocycles. The number of hydrogen-bond acceptors (Lipinski definition) is 4. The van der Waals surface area contributed by atoms with Crippen LogP contribution in [0, 0.1) is 5.92 Å². The van der Waals surface area contributed by atoms with Gasteiger partial charge in [-0.15, -0.1) is 0 Å². The van der Waals surface area contributed by atoms with Crippen LogP contribution in [-0.4, -0.2) is 22.9 Å². The van der Waals surface area contributed by atoms with E-state index in [1.807, 2.05) is 19.1 Å². The standard InChI is InChI=1S/C15H19NO4/c1-2-6-16-12-4-3-10(8-13(12)20-15(16)18)14(17)11-5-7-19-9-11/h3-4,8,11,14,17H,2,5-7,9H2,1H3. The topological polar surface area (TPSA) is 64.6 Å². The second kappa shape index (κ2) is 5.42. The van der Waals surface area contributed by atoms with Crippen molar-refractivity contribution >= 4 is 11.1 Å². The van der Waals surface area contributed by atoms with E-state index in [4.69, 9.17) is 9.15 Å². The first-order valence-corrected chi connectivity index (χ1v) is 7.10. The summed E-state index contributed by atoms with van der Waals surface area (Å²) in [6, 6.07) is 5.49. The highest BCUT2D eigenvalue weighted by Crippen LogP contribution is 2.30. The van der Waals surface area contributed by atoms with Gasteiger partial charge in [0.15, 0.2) is 5.58 Å². The van der Waals surface area contributed by atoms with Crippen molar-refractivity contribution in [2.75, 3.05) is 13.2 Å². The summed E-state index contributed by atoms with van der Waals surface area (Å²) in [4.78, 5) is 11.8. The number of nitrogens with zero attached hydrogens (tertiary/aromatic N) is 1. The van der Waals surface area contributed by atoms with Gasteiger partial charge in [-0.2, -0.15) is 0 Å². The lowest BCUT2D eigenvalue weighted by Gasteiger charge is -2.16. The van der Waals surface area contributed by atoms with Gasteiger partial charge in [0.2, 0.25) is 0 Å². The molecule has 1 saturated heterocycles. The van der Waals surface area contributed by atoms with Crippen molar-refractivity contribution in [3.05, 3.63) is 34.3 Å². The first-order chi connectivity index (χ1) is 9.70. The largest absolute Gasteiger partial charge is 0.419 e. The minimum absolute atomic E-state index is 0.122. The lowest BCUT2D eigenvalue weighted by Crippen LogP contribution is -2.13. The zero-order valence-corrected chi connectivity index (χ0v) is 11.5. The normalized spacial score (nSPS) is 20.6. The van der Waals surface area contributed by atoms with Crippen LogP contribution in [0.15, 0.2) is 27.4 Å². The number of benzene rings is 1. The number of aliphatic hydroxyl groups excluding tert-OH is 1. The Labute approximate surface area is 116 Å². The molecule has 1 aromatic heterocycles. The van der Waals surface area contributed by atoms with E-state index >= 15 is 0 Å². The zero-order chi connectivity index (χ0) is 14.1. The molecule has 2 aromatic rings. The zero-order valence-electron chi connectivity index (χ0n) is 11.5. The minimum atomic E-state index is -0.568. The van der Waals surface area contributed by atoms with Gasteiger partial charge in [-0.1, -0.05) is 13.0 Å². The molecule has 0 bridgehead atoms. The van der Waals surface area contributed by atoms with Gasteiger partial charge in [0.1, 0.15) is 0 Å². The smallest absolute Gasteiger partial charge is 0.408 e. The Bertz CT molecular complexity index is 651. The molecule has 2 atom stereocenters. The summed E-state index contributed by atoms with van der Waals surface area (Å²) in [7, 11) is 0. The summed E-state index contributed by atoms with van der Waals surface area (Å²) in [5.74, 6) is -0.213. The number of hydrogen-bond donors (Lipinski definition) is 1. The molecule has 5 nitrogen and oxygen atoms in total. The summed E-state index contributed by atoms with van der Waals surface area (Å²) in [5, 5.41) is 10.4. The molecule has 5 heteroatoms. The Kier molecular flexibility index (Phi) is 3.63. The highest BCUT2D eigenvalue weighted by Gasteiger charge is 2.25. The monoisotopic (exact) mass is 277 g/mol. The van der Waals surface area contributed by atoms with Crippen molar-refractivity contribution in [1.29, 1.82) is 0 Å². The van der Waals surface area contributed by atoms with Crippen molar-refractivity contribution in [2.24, 2.45) is 5.92 Å². The van der Waals surface area contributed by atoms with Gasteiger partial charge >= 0.3 is 5.76 Å². The summed E-state index contributed by atoms with van der Waals surface area (Å²) in [5.41, 5.74) is 2.11. The number of ether oxygens (including phenoxy) is 1. The molecule has 108 valence electrons. The Hall–Kier alpha value is -1.59. The van der Waals surface area contributed by atoms with E-state index in [9.17, 15) is 9.90 Å². The SMILES string of the molecule is CCCn1c(=O)oc2cc(C(O)C3CCOC3)ccc21. The van der Waals surface area contributed by atoms with E-state index in [0.717, 1.165) is 23.9 Å². The van der Waals surface area contributed by atoms with Crippen LogP contribution in [-0.2, 0) is 11.3 Å². The van der Waals surface area contributed by atoms with E-state index in [0.29, 0.717) is 25.3 Å². The Morgan fingerprint density at radius 2 is 2.35 bits per heavy atom. The Morgan fingerprint density at radius 1 is 1.50 bits per heavy atom. The molecule has 1 aliphatic heterocycles. The third-order valence-electron chi connectivity index (χ3n) is 3.89. The number of aromatic nitrogens is 1. The second-order valence-electron chi connectivity index (χ2n) is 5.32. The fourth-order valence-electron chi connectivity index (χ4n) is 2.78. The number of aliphatic hydroxyl groups is 1. The lowest BCUT2D eigenvalue weighted by molar-refractivity contribution is 0.0918. The molecule has 3 rings (SSSR count). The fourth-order valence-corrected chi connectivity index (χ4v) is 2.78. The summed E-state index contributed by atoms with van der Waals surface area (Å²) >= 11 is 0. The van der Waals surface area contributed by atoms with Crippen LogP contribution in [0.2, 0.25) is 0 Å². The van der Waals surface area contributed by atoms with Crippen LogP contribution < -0.4 is 5.76 Å². The van der Waals surface area contributed by atoms with Gasteiger partial charge in [0, 0.05) is 19.1 Å². The van der Waals surface area contributed by atoms with Gasteiger partial charge in [-0.25, -0.2) is 4.79 Å². The summed E-state index contributed by atoms with van der Waals surface area (Å²) in [6.07, 6.45) is 1.17. The maximum absolute atomic E-state index is 11.8. The number of rotatable bonds is 4. The van der Waals surface area contributed by atoms with Gasteiger partial charge in [-0.05, 0) is 30.5 Å². The van der Waals surface area contributed by atoms with Gasteiger partial charge < -0.3 is 14.3 Å². The van der Waals surface area contributed by atoms with Gasteiger partial charge in [0.25, 0.3) is 0 Å². The van der Waals surface area contributed by atoms with Crippen molar-refractivity contribution in [2.45, 2.75) is 32.4 Å². The number of aryl methyl sites for hydroxylation is 1. The first-order valence-electron chi connectivity index (χ1n) is 7.10. The fraction of sp³-hybridized carbons (Fsp3) is 0.533. The van der Waals surface area contributed by atoms with E-state index in [2.05, 4.69) is 0 Å². The van der Waals surface area contributed by atoms with Crippen LogP contribution in [0.4, 0.5) is 0 Å². The Balaban J connectivity index is 1.96. The Morgan fingerprint density at radius 3 is 3.05 bits per heavy atom. The molecule has 1 fully saturated rings. The molecule has 1 aliphatic rings. The molecule has 2 heterocycles. The maximum Gasteiger partial charge on any atom is 0.419 e. The first kappa shape index (κ1) is 13.4. The predicted octanol–water partition coefficient (Wildman–Crippen LogP) is 2.07. The van der Waals surface area contributed by atoms with Crippen LogP contribution >= 0.6 is 0 Å². The average molecular weight is 277 g/mol. The van der Waals surface area contributed by atoms with E-state index in [1.54, 1.807) is 10.6 Å². The second-order valence-corrected chi connectivity index (χ2v) is 5.32. The van der Waals surface area contributed by atoms with Crippen molar-refractivity contribution in [1.82, 2.24) is 4.57 Å². The van der Waals surface area contributed by atoms with Crippen LogP contribution in [0.1, 0.15) is 31.4 Å². The van der Waals surface area contributed by atoms with Gasteiger partial charge in [0.05, 0.1) is 18.2 Å². The third kappa shape index (κ3) is 2.27. The van der Waals surface area contributed by atoms with E-state index in [-0.39, 0.29) is 11.7 Å². The molecule has 1 N–H and O–H groups in total. The quantitative estimate of drug-likeness (QED) is 0.929. The van der Waals surface area contributed by atoms with Gasteiger partial charge in [-0.3, -0.25) is 4.57 Å². The number of fused-ring (bicyclic) bond motifs is 1. The summed E-state index contributed by atoms with van der Waals surface area (Å²) in [6.45, 7) is 3.94. The highest BCUT2D eigenvalue weighted by atomic mass is 16.5. The summed E-state index contributed by atoms with van der Waals surface area (Å²) < 4.78 is 12.2. The highest BCUT2D eigenvalue weighted by molar-refractivity contribution is 5.73. The van der Waals surface area contributed by atoms with Crippen molar-refractivity contribution in [3.8, 4) is 0 Å². The minimum Gasteiger partial charge on any atom is -0.408 e. The predicted molar refractivity (Wildman–Crippen MR) is 74.7 cm³/mol. The molecule has 0 radical (unpaired) electrons. The lowest BCUT2D eigenvalue weighted by atomic mass is 9.95. The molecule has 0 saturated carbocycles. The van der Waals surface area contributed by atoms with Crippen LogP contribution in [0.3, 0.4) is 0 Å². The molecule has 20 heavy (non-hydrogen) atoms. The molecule has 0 spiro atoms. The number of oxazole rings is 1. The maximum atomic E-state index is 11.8. The van der Waals surface area contributed by atoms with E-state index in [1.165, 1.54) is 0 Å². The molecular weight excluding hydrogens is 258 g/mol. The average Bonchev–Trinajstić information content (AvgIpc) is 3.07. The molecular formula is C15H19NO4. The van der Waals surface area contributed by atoms with Crippen molar-refractivity contribution in [3.63, 3.8) is 0 Å². The molecule has 2 unspecified atom stereocenters. The van der Waals surface area contributed by atoms with E-state index < -0.39 is 6.10 Å². The van der Waals surface area contributed by atoms with Crippen molar-refractivity contribution < 1.29 is 14.3 Å². The third-order valence-corrected chi connectivity index (χ3v) is 3.89. The molecule has 0 amide bonds. The van der Waals surface area contributed by atoms with Crippen LogP contribution in [0.25, 0.3) is 11.1 Å².